The van der Waals surface area contributed by atoms with Gasteiger partial charge in [0.25, 0.3) is 5.91 Å². The van der Waals surface area contributed by atoms with Crippen molar-refractivity contribution < 1.29 is 19.6 Å². The summed E-state index contributed by atoms with van der Waals surface area (Å²) in [6, 6.07) is 12.8. The predicted molar refractivity (Wildman–Crippen MR) is 98.6 cm³/mol. The zero-order valence-corrected chi connectivity index (χ0v) is 14.7. The van der Waals surface area contributed by atoms with Crippen LogP contribution in [0.2, 0.25) is 0 Å². The number of amides is 2. The normalized spacial score (nSPS) is 16.2. The van der Waals surface area contributed by atoms with Gasteiger partial charge in [-0.15, -0.1) is 0 Å². The summed E-state index contributed by atoms with van der Waals surface area (Å²) in [6.07, 6.45) is 0.542. The van der Waals surface area contributed by atoms with E-state index in [4.69, 9.17) is 0 Å². The fraction of sp³-hybridized carbons (Fsp3) is 0.263. The third kappa shape index (κ3) is 3.74. The number of carbonyl (C=O) groups is 2. The van der Waals surface area contributed by atoms with Crippen molar-refractivity contribution in [2.45, 2.75) is 6.42 Å². The number of nitro benzene ring substituents is 1. The molecule has 2 aromatic carbocycles. The van der Waals surface area contributed by atoms with Crippen molar-refractivity contribution in [2.75, 3.05) is 25.0 Å². The Bertz CT molecular complexity index is 884. The molecule has 2 amide bonds. The van der Waals surface area contributed by atoms with Gasteiger partial charge < -0.3 is 14.9 Å². The maximum Gasteiger partial charge on any atom is 0.310 e. The number of rotatable bonds is 4. The molecule has 1 heterocycles. The Balaban J connectivity index is 1.68. The van der Waals surface area contributed by atoms with Gasteiger partial charge in [-0.05, 0) is 30.7 Å². The quantitative estimate of drug-likeness (QED) is 0.658. The lowest BCUT2D eigenvalue weighted by molar-refractivity contribution is -0.385. The lowest BCUT2D eigenvalue weighted by Crippen LogP contribution is -2.36. The molecule has 0 radical (unpaired) electrons. The van der Waals surface area contributed by atoms with Crippen LogP contribution < -0.4 is 4.90 Å². The summed E-state index contributed by atoms with van der Waals surface area (Å²) in [6.45, 7) is 0.683. The molecule has 1 saturated heterocycles. The van der Waals surface area contributed by atoms with Crippen LogP contribution in [0, 0.1) is 16.0 Å². The van der Waals surface area contributed by atoms with E-state index in [2.05, 4.69) is 0 Å². The molecule has 0 aromatic heterocycles. The monoisotopic (exact) mass is 369 g/mol. The van der Waals surface area contributed by atoms with E-state index < -0.39 is 16.4 Å². The van der Waals surface area contributed by atoms with Gasteiger partial charge in [0, 0.05) is 37.5 Å². The van der Waals surface area contributed by atoms with Crippen LogP contribution >= 0.6 is 0 Å². The van der Waals surface area contributed by atoms with Crippen molar-refractivity contribution >= 4 is 23.2 Å². The van der Waals surface area contributed by atoms with E-state index in [0.717, 1.165) is 17.8 Å². The van der Waals surface area contributed by atoms with Crippen molar-refractivity contribution in [2.24, 2.45) is 5.92 Å². The van der Waals surface area contributed by atoms with E-state index in [1.54, 1.807) is 11.9 Å². The Labute approximate surface area is 155 Å². The summed E-state index contributed by atoms with van der Waals surface area (Å²) in [5.74, 6) is -1.30. The average Bonchev–Trinajstić information content (AvgIpc) is 3.16. The molecule has 2 aromatic rings. The number of phenolic OH excluding ortho intramolecular Hbond substituents is 1. The molecule has 0 bridgehead atoms. The Hall–Kier alpha value is -3.42. The molecular weight excluding hydrogens is 350 g/mol. The van der Waals surface area contributed by atoms with Gasteiger partial charge in [-0.25, -0.2) is 0 Å². The van der Waals surface area contributed by atoms with E-state index in [0.29, 0.717) is 13.0 Å². The molecule has 3 rings (SSSR count). The van der Waals surface area contributed by atoms with Gasteiger partial charge in [0.2, 0.25) is 5.91 Å². The molecule has 1 fully saturated rings. The first-order chi connectivity index (χ1) is 12.9. The predicted octanol–water partition coefficient (Wildman–Crippen LogP) is 2.43. The zero-order valence-electron chi connectivity index (χ0n) is 14.7. The second-order valence-electron chi connectivity index (χ2n) is 6.43. The number of hydrogen-bond acceptors (Lipinski definition) is 5. The standard InChI is InChI=1S/C19H19N3O5/c1-20(15-5-3-2-4-6-15)18(24)14-9-10-21(12-14)19(25)13-7-8-16(22(26)27)17(23)11-13/h2-8,11,14,23H,9-10,12H2,1H3/t14-/m0/s1. The molecule has 0 unspecified atom stereocenters. The van der Waals surface area contributed by atoms with E-state index in [1.807, 2.05) is 30.3 Å². The SMILES string of the molecule is CN(C(=O)[C@H]1CCN(C(=O)c2ccc([N+](=O)[O-])c(O)c2)C1)c1ccccc1. The molecule has 0 spiro atoms. The second-order valence-corrected chi connectivity index (χ2v) is 6.43. The number of nitro groups is 1. The van der Waals surface area contributed by atoms with Gasteiger partial charge in [-0.1, -0.05) is 18.2 Å². The van der Waals surface area contributed by atoms with Gasteiger partial charge in [0.05, 0.1) is 10.8 Å². The largest absolute Gasteiger partial charge is 0.502 e. The minimum absolute atomic E-state index is 0.0666. The number of para-hydroxylation sites is 1. The number of likely N-dealkylation sites (tertiary alicyclic amines) is 1. The smallest absolute Gasteiger partial charge is 0.310 e. The van der Waals surface area contributed by atoms with E-state index in [1.165, 1.54) is 11.0 Å². The number of carbonyl (C=O) groups excluding carboxylic acids is 2. The van der Waals surface area contributed by atoms with Crippen LogP contribution in [0.25, 0.3) is 0 Å². The highest BCUT2D eigenvalue weighted by Gasteiger charge is 2.33. The molecule has 1 N–H and O–H groups in total. The Morgan fingerprint density at radius 3 is 2.56 bits per heavy atom. The van der Waals surface area contributed by atoms with Gasteiger partial charge in [-0.2, -0.15) is 0 Å². The van der Waals surface area contributed by atoms with Crippen molar-refractivity contribution in [3.63, 3.8) is 0 Å². The number of anilines is 1. The molecule has 140 valence electrons. The highest BCUT2D eigenvalue weighted by molar-refractivity contribution is 5.98. The lowest BCUT2D eigenvalue weighted by Gasteiger charge is -2.21. The third-order valence-electron chi connectivity index (χ3n) is 4.72. The van der Waals surface area contributed by atoms with E-state index in [-0.39, 0.29) is 29.8 Å². The van der Waals surface area contributed by atoms with Gasteiger partial charge in [0.1, 0.15) is 0 Å². The number of nitrogens with zero attached hydrogens (tertiary/aromatic N) is 3. The average molecular weight is 369 g/mol. The number of phenols is 1. The van der Waals surface area contributed by atoms with Crippen molar-refractivity contribution in [1.29, 1.82) is 0 Å². The van der Waals surface area contributed by atoms with Gasteiger partial charge >= 0.3 is 5.69 Å². The summed E-state index contributed by atoms with van der Waals surface area (Å²) in [4.78, 5) is 38.5. The first-order valence-electron chi connectivity index (χ1n) is 8.47. The molecule has 0 saturated carbocycles. The van der Waals surface area contributed by atoms with Crippen LogP contribution in [0.4, 0.5) is 11.4 Å². The van der Waals surface area contributed by atoms with Crippen molar-refractivity contribution in [3.05, 3.63) is 64.2 Å². The lowest BCUT2D eigenvalue weighted by atomic mass is 10.1. The van der Waals surface area contributed by atoms with Crippen molar-refractivity contribution in [3.8, 4) is 5.75 Å². The summed E-state index contributed by atoms with van der Waals surface area (Å²) in [7, 11) is 1.70. The number of hydrogen-bond donors (Lipinski definition) is 1. The summed E-state index contributed by atoms with van der Waals surface area (Å²) in [5, 5.41) is 20.5. The topological polar surface area (TPSA) is 104 Å². The van der Waals surface area contributed by atoms with E-state index >= 15 is 0 Å². The Morgan fingerprint density at radius 2 is 1.93 bits per heavy atom. The van der Waals surface area contributed by atoms with Crippen LogP contribution in [-0.4, -0.2) is 46.9 Å². The molecule has 1 aliphatic heterocycles. The van der Waals surface area contributed by atoms with Crippen LogP contribution in [0.15, 0.2) is 48.5 Å². The van der Waals surface area contributed by atoms with Crippen LogP contribution in [0.1, 0.15) is 16.8 Å². The Morgan fingerprint density at radius 1 is 1.22 bits per heavy atom. The highest BCUT2D eigenvalue weighted by atomic mass is 16.6. The van der Waals surface area contributed by atoms with Crippen molar-refractivity contribution in [1.82, 2.24) is 4.90 Å². The minimum atomic E-state index is -0.715. The molecule has 8 nitrogen and oxygen atoms in total. The third-order valence-corrected chi connectivity index (χ3v) is 4.72. The fourth-order valence-corrected chi connectivity index (χ4v) is 3.19. The molecule has 27 heavy (non-hydrogen) atoms. The van der Waals surface area contributed by atoms with Crippen LogP contribution in [-0.2, 0) is 4.79 Å². The fourth-order valence-electron chi connectivity index (χ4n) is 3.19. The van der Waals surface area contributed by atoms with Crippen LogP contribution in [0.3, 0.4) is 0 Å². The zero-order chi connectivity index (χ0) is 19.6. The van der Waals surface area contributed by atoms with Crippen LogP contribution in [0.5, 0.6) is 5.75 Å². The summed E-state index contributed by atoms with van der Waals surface area (Å²) in [5.41, 5.74) is 0.487. The number of aromatic hydroxyl groups is 1. The number of benzene rings is 2. The molecule has 0 aliphatic carbocycles. The molecule has 1 atom stereocenters. The van der Waals surface area contributed by atoms with Gasteiger partial charge in [0.15, 0.2) is 5.75 Å². The molecule has 1 aliphatic rings. The second kappa shape index (κ2) is 7.45. The Kier molecular flexibility index (Phi) is 5.07. The maximum atomic E-state index is 12.7. The minimum Gasteiger partial charge on any atom is -0.502 e. The van der Waals surface area contributed by atoms with Gasteiger partial charge in [-0.3, -0.25) is 19.7 Å². The highest BCUT2D eigenvalue weighted by Crippen LogP contribution is 2.28. The summed E-state index contributed by atoms with van der Waals surface area (Å²) >= 11 is 0. The summed E-state index contributed by atoms with van der Waals surface area (Å²) < 4.78 is 0. The van der Waals surface area contributed by atoms with E-state index in [9.17, 15) is 24.8 Å². The molecular formula is C19H19N3O5. The molecule has 8 heteroatoms. The first-order valence-corrected chi connectivity index (χ1v) is 8.47. The maximum absolute atomic E-state index is 12.7. The first kappa shape index (κ1) is 18.4.